The molecule has 0 amide bonds. The van der Waals surface area contributed by atoms with Gasteiger partial charge in [0.2, 0.25) is 0 Å². The zero-order valence-electron chi connectivity index (χ0n) is 23.8. The normalized spacial score (nSPS) is 12.3. The average Bonchev–Trinajstić information content (AvgIpc) is 3.06. The SMILES string of the molecule is C=C(C(=O)c1ccccc1[Se]C)C(OCCOC(C(=C)C(=O)c1ccccc1[Se]C)c1ccccc1)c1ccccc1. The first-order valence-corrected chi connectivity index (χ1v) is 18.7. The quantitative estimate of drug-likeness (QED) is 0.0653. The number of carbonyl (C=O) groups is 2. The minimum atomic E-state index is -0.640. The van der Waals surface area contributed by atoms with Crippen LogP contribution in [0.5, 0.6) is 0 Å². The van der Waals surface area contributed by atoms with Crippen molar-refractivity contribution in [2.75, 3.05) is 13.2 Å². The van der Waals surface area contributed by atoms with Gasteiger partial charge in [0, 0.05) is 0 Å². The Morgan fingerprint density at radius 3 is 1.26 bits per heavy atom. The molecule has 0 spiro atoms. The van der Waals surface area contributed by atoms with E-state index in [2.05, 4.69) is 24.8 Å². The van der Waals surface area contributed by atoms with Gasteiger partial charge >= 0.3 is 262 Å². The molecule has 0 fully saturated rings. The van der Waals surface area contributed by atoms with Crippen LogP contribution in [0.3, 0.4) is 0 Å². The number of carbonyl (C=O) groups excluding carboxylic acids is 2. The van der Waals surface area contributed by atoms with Crippen molar-refractivity contribution in [2.45, 2.75) is 23.9 Å². The van der Waals surface area contributed by atoms with Crippen molar-refractivity contribution in [3.63, 3.8) is 0 Å². The van der Waals surface area contributed by atoms with Crippen LogP contribution < -0.4 is 8.92 Å². The molecule has 0 radical (unpaired) electrons. The van der Waals surface area contributed by atoms with Gasteiger partial charge in [0.1, 0.15) is 0 Å². The molecule has 0 saturated carbocycles. The van der Waals surface area contributed by atoms with Crippen molar-refractivity contribution in [3.05, 3.63) is 156 Å². The number of rotatable bonds is 15. The van der Waals surface area contributed by atoms with Gasteiger partial charge in [-0.25, -0.2) is 0 Å². The predicted octanol–water partition coefficient (Wildman–Crippen LogP) is 6.14. The Kier molecular flexibility index (Phi) is 11.9. The molecule has 0 saturated heterocycles. The Morgan fingerprint density at radius 1 is 0.571 bits per heavy atom. The summed E-state index contributed by atoms with van der Waals surface area (Å²) in [6, 6.07) is 34.6. The van der Waals surface area contributed by atoms with E-state index in [1.165, 1.54) is 0 Å². The first-order chi connectivity index (χ1) is 20.5. The van der Waals surface area contributed by atoms with Gasteiger partial charge in [-0.05, 0) is 0 Å². The molecule has 4 aromatic carbocycles. The first kappa shape index (κ1) is 31.6. The fourth-order valence-electron chi connectivity index (χ4n) is 4.63. The summed E-state index contributed by atoms with van der Waals surface area (Å²) in [6.07, 6.45) is -1.28. The fraction of sp³-hybridized carbons (Fsp3) is 0.167. The van der Waals surface area contributed by atoms with Crippen LogP contribution in [-0.2, 0) is 9.47 Å². The van der Waals surface area contributed by atoms with Crippen LogP contribution in [0, 0.1) is 0 Å². The first-order valence-electron chi connectivity index (χ1n) is 13.5. The van der Waals surface area contributed by atoms with E-state index in [0.29, 0.717) is 22.3 Å². The van der Waals surface area contributed by atoms with Gasteiger partial charge < -0.3 is 0 Å². The van der Waals surface area contributed by atoms with E-state index in [0.717, 1.165) is 20.1 Å². The second-order valence-electron chi connectivity index (χ2n) is 9.43. The third kappa shape index (κ3) is 7.73. The molecule has 2 unspecified atom stereocenters. The molecule has 0 aliphatic carbocycles. The van der Waals surface area contributed by atoms with Crippen molar-refractivity contribution in [2.24, 2.45) is 0 Å². The van der Waals surface area contributed by atoms with E-state index in [9.17, 15) is 9.59 Å². The monoisotopic (exact) mass is 690 g/mol. The summed E-state index contributed by atoms with van der Waals surface area (Å²) in [5.41, 5.74) is 3.75. The van der Waals surface area contributed by atoms with Crippen LogP contribution in [0.25, 0.3) is 0 Å². The zero-order chi connectivity index (χ0) is 29.9. The van der Waals surface area contributed by atoms with Gasteiger partial charge in [-0.1, -0.05) is 0 Å². The second-order valence-corrected chi connectivity index (χ2v) is 13.0. The minimum absolute atomic E-state index is 0.124. The summed E-state index contributed by atoms with van der Waals surface area (Å²) < 4.78 is 14.7. The van der Waals surface area contributed by atoms with E-state index >= 15 is 0 Å². The van der Waals surface area contributed by atoms with Crippen LogP contribution >= 0.6 is 0 Å². The third-order valence-electron chi connectivity index (χ3n) is 6.78. The molecule has 0 N–H and O–H groups in total. The van der Waals surface area contributed by atoms with E-state index in [1.54, 1.807) is 0 Å². The molecule has 0 bridgehead atoms. The van der Waals surface area contributed by atoms with Crippen LogP contribution in [0.2, 0.25) is 11.6 Å². The van der Waals surface area contributed by atoms with Crippen molar-refractivity contribution in [3.8, 4) is 0 Å². The number of Topliss-reactive ketones (excluding diaryl/α,β-unsaturated/α-hetero) is 2. The molecule has 0 aliphatic heterocycles. The molecule has 6 heteroatoms. The molecule has 214 valence electrons. The number of benzene rings is 4. The van der Waals surface area contributed by atoms with Gasteiger partial charge in [0.15, 0.2) is 0 Å². The molecule has 0 aromatic heterocycles. The Hall–Kier alpha value is -3.34. The Balaban J connectivity index is 1.51. The predicted molar refractivity (Wildman–Crippen MR) is 173 cm³/mol. The molecular weight excluding hydrogens is 654 g/mol. The van der Waals surface area contributed by atoms with E-state index in [1.807, 2.05) is 109 Å². The molecule has 42 heavy (non-hydrogen) atoms. The van der Waals surface area contributed by atoms with Gasteiger partial charge in [-0.3, -0.25) is 0 Å². The average molecular weight is 689 g/mol. The third-order valence-corrected chi connectivity index (χ3v) is 10.1. The standard InChI is InChI=1S/C36H34O4Se2/c1-25(33(37)29-19-11-13-21-31(29)41-3)35(27-15-7-5-8-16-27)39-23-24-40-36(28-17-9-6-10-18-28)26(2)34(38)30-20-12-14-22-32(30)42-4/h5-22,35-36H,1-2,23-24H2,3-4H3. The zero-order valence-corrected chi connectivity index (χ0v) is 27.3. The Labute approximate surface area is 261 Å². The Bertz CT molecular complexity index is 1420. The van der Waals surface area contributed by atoms with Crippen LogP contribution in [0.1, 0.15) is 44.1 Å². The fourth-order valence-corrected chi connectivity index (χ4v) is 7.13. The number of ether oxygens (including phenoxy) is 2. The van der Waals surface area contributed by atoms with Gasteiger partial charge in [0.25, 0.3) is 0 Å². The number of hydrogen-bond acceptors (Lipinski definition) is 4. The topological polar surface area (TPSA) is 52.6 Å². The van der Waals surface area contributed by atoms with E-state index in [-0.39, 0.29) is 54.7 Å². The summed E-state index contributed by atoms with van der Waals surface area (Å²) in [5, 5.41) is 0. The number of ketones is 2. The summed E-state index contributed by atoms with van der Waals surface area (Å²) >= 11 is 0.322. The molecule has 2 atom stereocenters. The van der Waals surface area contributed by atoms with Crippen molar-refractivity contribution >= 4 is 50.4 Å². The van der Waals surface area contributed by atoms with Crippen molar-refractivity contribution in [1.82, 2.24) is 0 Å². The maximum atomic E-state index is 13.6. The molecule has 0 aliphatic rings. The van der Waals surface area contributed by atoms with E-state index < -0.39 is 12.2 Å². The molecule has 4 aromatic rings. The summed E-state index contributed by atoms with van der Waals surface area (Å²) in [6.45, 7) is 8.73. The Morgan fingerprint density at radius 2 is 0.905 bits per heavy atom. The molecule has 4 nitrogen and oxygen atoms in total. The van der Waals surface area contributed by atoms with E-state index in [4.69, 9.17) is 9.47 Å². The molecule has 4 rings (SSSR count). The summed E-state index contributed by atoms with van der Waals surface area (Å²) in [5.74, 6) is 3.93. The molecule has 0 heterocycles. The van der Waals surface area contributed by atoms with Crippen molar-refractivity contribution < 1.29 is 19.1 Å². The van der Waals surface area contributed by atoms with Gasteiger partial charge in [-0.2, -0.15) is 0 Å². The van der Waals surface area contributed by atoms with Gasteiger partial charge in [-0.15, -0.1) is 0 Å². The number of hydrogen-bond donors (Lipinski definition) is 0. The van der Waals surface area contributed by atoms with Crippen LogP contribution in [0.4, 0.5) is 0 Å². The second kappa shape index (κ2) is 15.8. The van der Waals surface area contributed by atoms with Crippen LogP contribution in [-0.4, -0.2) is 54.7 Å². The van der Waals surface area contributed by atoms with Gasteiger partial charge in [0.05, 0.1) is 0 Å². The molecular formula is C36H34O4Se2. The summed E-state index contributed by atoms with van der Waals surface area (Å²) in [7, 11) is 0. The maximum absolute atomic E-state index is 13.6. The summed E-state index contributed by atoms with van der Waals surface area (Å²) in [4.78, 5) is 27.1. The van der Waals surface area contributed by atoms with Crippen LogP contribution in [0.15, 0.2) is 133 Å². The van der Waals surface area contributed by atoms with Crippen molar-refractivity contribution in [1.29, 1.82) is 0 Å².